The minimum atomic E-state index is 0.0242. The molecule has 2 aromatic heterocycles. The number of aliphatic hydroxyl groups is 1. The molecule has 7 heteroatoms. The number of nitrogens with zero attached hydrogens (tertiary/aromatic N) is 4. The Labute approximate surface area is 141 Å². The van der Waals surface area contributed by atoms with Gasteiger partial charge in [-0.05, 0) is 24.3 Å². The van der Waals surface area contributed by atoms with Gasteiger partial charge < -0.3 is 14.4 Å². The summed E-state index contributed by atoms with van der Waals surface area (Å²) in [6, 6.07) is 11.3. The molecule has 1 aromatic carbocycles. The van der Waals surface area contributed by atoms with Crippen molar-refractivity contribution in [2.45, 2.75) is 0 Å². The van der Waals surface area contributed by atoms with Gasteiger partial charge in [0, 0.05) is 23.6 Å². The van der Waals surface area contributed by atoms with Crippen molar-refractivity contribution in [3.8, 4) is 22.8 Å². The van der Waals surface area contributed by atoms with Crippen LogP contribution in [-0.4, -0.2) is 40.5 Å². The second-order valence-corrected chi connectivity index (χ2v) is 5.85. The Kier molecular flexibility index (Phi) is 4.68. The summed E-state index contributed by atoms with van der Waals surface area (Å²) >= 11 is 3.42. The van der Waals surface area contributed by atoms with Gasteiger partial charge in [-0.3, -0.25) is 0 Å². The molecule has 0 aliphatic rings. The van der Waals surface area contributed by atoms with Crippen LogP contribution in [0.1, 0.15) is 0 Å². The van der Waals surface area contributed by atoms with Crippen LogP contribution in [-0.2, 0) is 0 Å². The Morgan fingerprint density at radius 2 is 1.96 bits per heavy atom. The monoisotopic (exact) mass is 374 g/mol. The first kappa shape index (κ1) is 15.6. The highest BCUT2D eigenvalue weighted by atomic mass is 79.9. The van der Waals surface area contributed by atoms with Crippen LogP contribution >= 0.6 is 15.9 Å². The summed E-state index contributed by atoms with van der Waals surface area (Å²) < 4.78 is 6.32. The number of rotatable bonds is 5. The van der Waals surface area contributed by atoms with Crippen molar-refractivity contribution in [1.29, 1.82) is 0 Å². The van der Waals surface area contributed by atoms with Gasteiger partial charge in [-0.25, -0.2) is 4.98 Å². The van der Waals surface area contributed by atoms with E-state index < -0.39 is 0 Å². The average molecular weight is 375 g/mol. The molecule has 3 rings (SSSR count). The third-order valence-corrected chi connectivity index (χ3v) is 3.85. The number of likely N-dealkylation sites (N-methyl/N-ethyl adjacent to an activating group) is 1. The van der Waals surface area contributed by atoms with Crippen LogP contribution in [0, 0.1) is 0 Å². The maximum atomic E-state index is 9.22. The first-order valence-corrected chi connectivity index (χ1v) is 7.85. The summed E-state index contributed by atoms with van der Waals surface area (Å²) in [6.07, 6.45) is 1.57. The second-order valence-electron chi connectivity index (χ2n) is 4.94. The number of hydrogen-bond acceptors (Lipinski definition) is 6. The summed E-state index contributed by atoms with van der Waals surface area (Å²) in [5.41, 5.74) is 1.56. The van der Waals surface area contributed by atoms with Crippen LogP contribution in [0.2, 0.25) is 0 Å². The third kappa shape index (κ3) is 3.40. The molecule has 0 radical (unpaired) electrons. The molecule has 0 fully saturated rings. The number of furan rings is 1. The maximum absolute atomic E-state index is 9.22. The number of aromatic nitrogens is 3. The Hall–Kier alpha value is -2.25. The summed E-state index contributed by atoms with van der Waals surface area (Å²) in [6.45, 7) is 0.468. The summed E-state index contributed by atoms with van der Waals surface area (Å²) in [7, 11) is 1.86. The van der Waals surface area contributed by atoms with Crippen molar-refractivity contribution in [3.05, 3.63) is 47.1 Å². The number of benzene rings is 1. The van der Waals surface area contributed by atoms with Gasteiger partial charge in [0.1, 0.15) is 5.69 Å². The van der Waals surface area contributed by atoms with Crippen molar-refractivity contribution in [2.75, 3.05) is 25.1 Å². The van der Waals surface area contributed by atoms with Crippen molar-refractivity contribution in [2.24, 2.45) is 0 Å². The van der Waals surface area contributed by atoms with E-state index >= 15 is 0 Å². The highest BCUT2D eigenvalue weighted by Gasteiger charge is 2.17. The van der Waals surface area contributed by atoms with Crippen LogP contribution in [0.5, 0.6) is 0 Å². The fourth-order valence-electron chi connectivity index (χ4n) is 2.14. The lowest BCUT2D eigenvalue weighted by molar-refractivity contribution is 0.304. The molecular formula is C16H15BrN4O2. The summed E-state index contributed by atoms with van der Waals surface area (Å²) in [4.78, 5) is 6.41. The Balaban J connectivity index is 2.09. The zero-order chi connectivity index (χ0) is 16.2. The molecule has 0 aliphatic heterocycles. The summed E-state index contributed by atoms with van der Waals surface area (Å²) in [5, 5.41) is 17.7. The molecule has 0 spiro atoms. The molecule has 0 bridgehead atoms. The topological polar surface area (TPSA) is 75.3 Å². The normalized spacial score (nSPS) is 10.7. The lowest BCUT2D eigenvalue weighted by Crippen LogP contribution is -2.24. The minimum Gasteiger partial charge on any atom is -0.461 e. The predicted octanol–water partition coefficient (Wildman–Crippen LogP) is 2.99. The van der Waals surface area contributed by atoms with E-state index in [2.05, 4.69) is 31.1 Å². The van der Waals surface area contributed by atoms with Crippen LogP contribution in [0.15, 0.2) is 51.6 Å². The lowest BCUT2D eigenvalue weighted by atomic mass is 10.1. The maximum Gasteiger partial charge on any atom is 0.219 e. The zero-order valence-electron chi connectivity index (χ0n) is 12.5. The number of hydrogen-bond donors (Lipinski definition) is 1. The summed E-state index contributed by atoms with van der Waals surface area (Å²) in [5.74, 6) is 1.61. The molecule has 0 atom stereocenters. The number of halogens is 1. The van der Waals surface area contributed by atoms with Crippen LogP contribution in [0.4, 0.5) is 5.82 Å². The van der Waals surface area contributed by atoms with Gasteiger partial charge in [-0.1, -0.05) is 28.1 Å². The van der Waals surface area contributed by atoms with E-state index in [1.807, 2.05) is 36.2 Å². The van der Waals surface area contributed by atoms with Gasteiger partial charge in [0.15, 0.2) is 11.6 Å². The molecule has 6 nitrogen and oxygen atoms in total. The molecule has 118 valence electrons. The van der Waals surface area contributed by atoms with Gasteiger partial charge in [-0.15, -0.1) is 10.2 Å². The Morgan fingerprint density at radius 1 is 1.17 bits per heavy atom. The van der Waals surface area contributed by atoms with Gasteiger partial charge in [0.2, 0.25) is 5.82 Å². The van der Waals surface area contributed by atoms with Crippen LogP contribution in [0.3, 0.4) is 0 Å². The van der Waals surface area contributed by atoms with E-state index in [9.17, 15) is 5.11 Å². The average Bonchev–Trinajstić information content (AvgIpc) is 3.10. The molecule has 1 N–H and O–H groups in total. The van der Waals surface area contributed by atoms with Crippen molar-refractivity contribution < 1.29 is 9.52 Å². The third-order valence-electron chi connectivity index (χ3n) is 3.32. The van der Waals surface area contributed by atoms with Crippen molar-refractivity contribution in [1.82, 2.24) is 15.2 Å². The van der Waals surface area contributed by atoms with Crippen LogP contribution < -0.4 is 4.90 Å². The fraction of sp³-hybridized carbons (Fsp3) is 0.188. The van der Waals surface area contributed by atoms with E-state index in [4.69, 9.17) is 4.42 Å². The van der Waals surface area contributed by atoms with E-state index in [1.54, 1.807) is 18.4 Å². The van der Waals surface area contributed by atoms with E-state index in [-0.39, 0.29) is 6.61 Å². The standard InChI is InChI=1S/C16H15BrN4O2/c1-21(8-9-22)16-14(11-4-6-12(17)7-5-11)19-20-15(18-16)13-3-2-10-23-13/h2-7,10,22H,8-9H2,1H3. The quantitative estimate of drug-likeness (QED) is 0.739. The first-order chi connectivity index (χ1) is 11.2. The molecule has 2 heterocycles. The molecule has 0 saturated heterocycles. The van der Waals surface area contributed by atoms with E-state index in [1.165, 1.54) is 0 Å². The highest BCUT2D eigenvalue weighted by Crippen LogP contribution is 2.29. The van der Waals surface area contributed by atoms with Crippen LogP contribution in [0.25, 0.3) is 22.8 Å². The first-order valence-electron chi connectivity index (χ1n) is 7.05. The number of anilines is 1. The molecule has 23 heavy (non-hydrogen) atoms. The smallest absolute Gasteiger partial charge is 0.219 e. The molecule has 3 aromatic rings. The van der Waals surface area contributed by atoms with E-state index in [0.29, 0.717) is 29.6 Å². The van der Waals surface area contributed by atoms with Gasteiger partial charge >= 0.3 is 0 Å². The Morgan fingerprint density at radius 3 is 2.61 bits per heavy atom. The predicted molar refractivity (Wildman–Crippen MR) is 91.0 cm³/mol. The Bertz CT molecular complexity index is 775. The van der Waals surface area contributed by atoms with Gasteiger partial charge in [0.25, 0.3) is 0 Å². The van der Waals surface area contributed by atoms with Gasteiger partial charge in [-0.2, -0.15) is 0 Å². The molecule has 0 amide bonds. The highest BCUT2D eigenvalue weighted by molar-refractivity contribution is 9.10. The second kappa shape index (κ2) is 6.89. The molecular weight excluding hydrogens is 360 g/mol. The number of aliphatic hydroxyl groups excluding tert-OH is 1. The van der Waals surface area contributed by atoms with Gasteiger partial charge in [0.05, 0.1) is 12.9 Å². The molecule has 0 saturated carbocycles. The zero-order valence-corrected chi connectivity index (χ0v) is 14.1. The van der Waals surface area contributed by atoms with Crippen molar-refractivity contribution >= 4 is 21.7 Å². The molecule has 0 aliphatic carbocycles. The van der Waals surface area contributed by atoms with E-state index in [0.717, 1.165) is 10.0 Å². The molecule has 0 unspecified atom stereocenters. The largest absolute Gasteiger partial charge is 0.461 e. The minimum absolute atomic E-state index is 0.0242. The fourth-order valence-corrected chi connectivity index (χ4v) is 2.41. The SMILES string of the molecule is CN(CCO)c1nc(-c2ccco2)nnc1-c1ccc(Br)cc1. The van der Waals surface area contributed by atoms with Crippen molar-refractivity contribution in [3.63, 3.8) is 0 Å². The lowest BCUT2D eigenvalue weighted by Gasteiger charge is -2.19.